The Bertz CT molecular complexity index is 146. The third kappa shape index (κ3) is 2.96. The van der Waals surface area contributed by atoms with Gasteiger partial charge >= 0.3 is 0 Å². The number of hydrogen-bond acceptors (Lipinski definition) is 2. The van der Waals surface area contributed by atoms with E-state index in [1.165, 1.54) is 51.9 Å². The minimum absolute atomic E-state index is 0.823. The monoisotopic (exact) mass is 182 g/mol. The first-order chi connectivity index (χ1) is 6.38. The highest BCUT2D eigenvalue weighted by Gasteiger charge is 2.23. The van der Waals surface area contributed by atoms with Crippen molar-refractivity contribution in [2.45, 2.75) is 38.6 Å². The predicted molar refractivity (Wildman–Crippen MR) is 55.9 cm³/mol. The summed E-state index contributed by atoms with van der Waals surface area (Å²) in [6.45, 7) is 7.39. The van der Waals surface area contributed by atoms with Crippen LogP contribution in [0.3, 0.4) is 0 Å². The Morgan fingerprint density at radius 3 is 2.38 bits per heavy atom. The van der Waals surface area contributed by atoms with Crippen molar-refractivity contribution in [3.8, 4) is 0 Å². The Balaban J connectivity index is 1.59. The number of nitrogens with one attached hydrogen (secondary N) is 1. The summed E-state index contributed by atoms with van der Waals surface area (Å²) in [5.74, 6) is 1.03. The molecule has 1 saturated carbocycles. The van der Waals surface area contributed by atoms with Gasteiger partial charge in [-0.05, 0) is 57.8 Å². The second-order valence-corrected chi connectivity index (χ2v) is 4.56. The van der Waals surface area contributed by atoms with Crippen LogP contribution in [0.4, 0.5) is 0 Å². The topological polar surface area (TPSA) is 15.3 Å². The van der Waals surface area contributed by atoms with E-state index in [4.69, 9.17) is 0 Å². The van der Waals surface area contributed by atoms with Crippen LogP contribution in [-0.2, 0) is 0 Å². The Kier molecular flexibility index (Phi) is 3.23. The van der Waals surface area contributed by atoms with Crippen molar-refractivity contribution in [1.29, 1.82) is 0 Å². The van der Waals surface area contributed by atoms with Gasteiger partial charge in [-0.2, -0.15) is 0 Å². The summed E-state index contributed by atoms with van der Waals surface area (Å²) in [7, 11) is 0. The van der Waals surface area contributed by atoms with Crippen LogP contribution >= 0.6 is 0 Å². The van der Waals surface area contributed by atoms with Crippen molar-refractivity contribution in [1.82, 2.24) is 10.2 Å². The number of likely N-dealkylation sites (tertiary alicyclic amines) is 1. The Morgan fingerprint density at radius 2 is 1.85 bits per heavy atom. The highest BCUT2D eigenvalue weighted by atomic mass is 15.1. The molecule has 0 bridgehead atoms. The van der Waals surface area contributed by atoms with Gasteiger partial charge in [0.2, 0.25) is 0 Å². The third-order valence-corrected chi connectivity index (χ3v) is 3.43. The minimum Gasteiger partial charge on any atom is -0.314 e. The van der Waals surface area contributed by atoms with Crippen molar-refractivity contribution in [3.63, 3.8) is 0 Å². The summed E-state index contributed by atoms with van der Waals surface area (Å²) < 4.78 is 0. The van der Waals surface area contributed by atoms with Crippen LogP contribution in [0.25, 0.3) is 0 Å². The Morgan fingerprint density at radius 1 is 1.15 bits per heavy atom. The zero-order valence-electron chi connectivity index (χ0n) is 8.76. The first kappa shape index (κ1) is 9.47. The molecule has 2 fully saturated rings. The average Bonchev–Trinajstić information content (AvgIpc) is 2.99. The molecule has 1 aliphatic heterocycles. The van der Waals surface area contributed by atoms with Crippen LogP contribution in [0.2, 0.25) is 0 Å². The molecule has 1 saturated heterocycles. The zero-order valence-corrected chi connectivity index (χ0v) is 8.76. The molecule has 2 rings (SSSR count). The fraction of sp³-hybridized carbons (Fsp3) is 1.00. The average molecular weight is 182 g/mol. The molecule has 0 radical (unpaired) electrons. The van der Waals surface area contributed by atoms with Crippen LogP contribution < -0.4 is 5.32 Å². The lowest BCUT2D eigenvalue weighted by Gasteiger charge is -2.31. The van der Waals surface area contributed by atoms with E-state index in [1.807, 2.05) is 0 Å². The van der Waals surface area contributed by atoms with Crippen LogP contribution in [-0.4, -0.2) is 37.1 Å². The van der Waals surface area contributed by atoms with Gasteiger partial charge in [-0.1, -0.05) is 6.92 Å². The number of nitrogens with zero attached hydrogens (tertiary/aromatic N) is 1. The van der Waals surface area contributed by atoms with E-state index in [0.29, 0.717) is 0 Å². The van der Waals surface area contributed by atoms with Crippen molar-refractivity contribution in [3.05, 3.63) is 0 Å². The summed E-state index contributed by atoms with van der Waals surface area (Å²) in [6, 6.07) is 0.823. The van der Waals surface area contributed by atoms with Crippen LogP contribution in [0.5, 0.6) is 0 Å². The smallest absolute Gasteiger partial charge is 0.00915 e. The maximum absolute atomic E-state index is 3.70. The van der Waals surface area contributed by atoms with E-state index in [-0.39, 0.29) is 0 Å². The summed E-state index contributed by atoms with van der Waals surface area (Å²) >= 11 is 0. The van der Waals surface area contributed by atoms with Gasteiger partial charge in [0.05, 0.1) is 0 Å². The molecule has 2 aliphatic rings. The van der Waals surface area contributed by atoms with Gasteiger partial charge < -0.3 is 10.2 Å². The van der Waals surface area contributed by atoms with Crippen LogP contribution in [0, 0.1) is 5.92 Å². The van der Waals surface area contributed by atoms with Gasteiger partial charge in [-0.3, -0.25) is 0 Å². The zero-order chi connectivity index (χ0) is 9.10. The van der Waals surface area contributed by atoms with Gasteiger partial charge in [-0.25, -0.2) is 0 Å². The van der Waals surface area contributed by atoms with E-state index in [2.05, 4.69) is 17.1 Å². The molecular formula is C11H22N2. The fourth-order valence-corrected chi connectivity index (χ4v) is 2.11. The molecule has 0 aromatic carbocycles. The lowest BCUT2D eigenvalue weighted by Crippen LogP contribution is -2.42. The van der Waals surface area contributed by atoms with Crippen molar-refractivity contribution < 1.29 is 0 Å². The molecule has 1 aliphatic carbocycles. The van der Waals surface area contributed by atoms with E-state index >= 15 is 0 Å². The molecule has 76 valence electrons. The minimum atomic E-state index is 0.823. The molecule has 0 atom stereocenters. The molecule has 1 N–H and O–H groups in total. The van der Waals surface area contributed by atoms with E-state index in [0.717, 1.165) is 12.0 Å². The number of piperidine rings is 1. The second-order valence-electron chi connectivity index (χ2n) is 4.56. The lowest BCUT2D eigenvalue weighted by molar-refractivity contribution is 0.206. The quantitative estimate of drug-likeness (QED) is 0.708. The maximum atomic E-state index is 3.70. The third-order valence-electron chi connectivity index (χ3n) is 3.43. The summed E-state index contributed by atoms with van der Waals surface area (Å²) in [5.41, 5.74) is 0. The van der Waals surface area contributed by atoms with E-state index < -0.39 is 0 Å². The summed E-state index contributed by atoms with van der Waals surface area (Å²) in [4.78, 5) is 2.55. The fourth-order valence-electron chi connectivity index (χ4n) is 2.11. The number of hydrogen-bond donors (Lipinski definition) is 1. The van der Waals surface area contributed by atoms with E-state index in [1.54, 1.807) is 0 Å². The number of rotatable bonds is 4. The molecule has 2 heteroatoms. The van der Waals surface area contributed by atoms with Gasteiger partial charge in [0.25, 0.3) is 0 Å². The largest absolute Gasteiger partial charge is 0.314 e. The van der Waals surface area contributed by atoms with Crippen LogP contribution in [0.1, 0.15) is 32.6 Å². The van der Waals surface area contributed by atoms with Crippen molar-refractivity contribution >= 4 is 0 Å². The molecule has 13 heavy (non-hydrogen) atoms. The maximum Gasteiger partial charge on any atom is 0.00915 e. The van der Waals surface area contributed by atoms with Gasteiger partial charge in [0.15, 0.2) is 0 Å². The molecule has 0 spiro atoms. The van der Waals surface area contributed by atoms with Gasteiger partial charge in [0.1, 0.15) is 0 Å². The summed E-state index contributed by atoms with van der Waals surface area (Å²) in [5, 5.41) is 3.70. The highest BCUT2D eigenvalue weighted by Crippen LogP contribution is 2.28. The van der Waals surface area contributed by atoms with Gasteiger partial charge in [0, 0.05) is 6.04 Å². The second kappa shape index (κ2) is 4.43. The SMILES string of the molecule is CCN1CCC(NCC2CC2)CC1. The first-order valence-corrected chi connectivity index (χ1v) is 5.84. The lowest BCUT2D eigenvalue weighted by atomic mass is 10.1. The summed E-state index contributed by atoms with van der Waals surface area (Å²) in [6.07, 6.45) is 5.67. The highest BCUT2D eigenvalue weighted by molar-refractivity contribution is 4.81. The molecule has 2 nitrogen and oxygen atoms in total. The van der Waals surface area contributed by atoms with Crippen molar-refractivity contribution in [2.75, 3.05) is 26.2 Å². The molecule has 0 aromatic rings. The molecule has 1 heterocycles. The molecular weight excluding hydrogens is 160 g/mol. The Labute approximate surface area is 81.7 Å². The Hall–Kier alpha value is -0.0800. The predicted octanol–water partition coefficient (Wildman–Crippen LogP) is 1.47. The van der Waals surface area contributed by atoms with E-state index in [9.17, 15) is 0 Å². The van der Waals surface area contributed by atoms with Gasteiger partial charge in [-0.15, -0.1) is 0 Å². The first-order valence-electron chi connectivity index (χ1n) is 5.84. The van der Waals surface area contributed by atoms with Crippen molar-refractivity contribution in [2.24, 2.45) is 5.92 Å². The standard InChI is InChI=1S/C11H22N2/c1-2-13-7-5-11(6-8-13)12-9-10-3-4-10/h10-12H,2-9H2,1H3. The molecule has 0 unspecified atom stereocenters. The molecule has 0 amide bonds. The molecule has 0 aromatic heterocycles. The van der Waals surface area contributed by atoms with Crippen LogP contribution in [0.15, 0.2) is 0 Å². The normalized spacial score (nSPS) is 26.5.